The molecule has 0 saturated heterocycles. The number of nitrogens with one attached hydrogen (secondary N) is 1. The quantitative estimate of drug-likeness (QED) is 0.522. The molecule has 0 saturated carbocycles. The van der Waals surface area contributed by atoms with Crippen molar-refractivity contribution in [2.45, 2.75) is 0 Å². The van der Waals surface area contributed by atoms with Crippen LogP contribution in [-0.2, 0) is 0 Å². The molecule has 3 aromatic rings. The van der Waals surface area contributed by atoms with Gasteiger partial charge in [-0.15, -0.1) is 10.2 Å². The van der Waals surface area contributed by atoms with Crippen molar-refractivity contribution in [3.63, 3.8) is 0 Å². The zero-order valence-corrected chi connectivity index (χ0v) is 6.10. The van der Waals surface area contributed by atoms with Gasteiger partial charge in [0.15, 0.2) is 0 Å². The number of hydrogen-bond donors (Lipinski definition) is 1. The average molecular weight is 159 g/mol. The molecule has 0 fully saturated rings. The normalized spacial score (nSPS) is 11.3. The van der Waals surface area contributed by atoms with Crippen LogP contribution in [0.3, 0.4) is 0 Å². The van der Waals surface area contributed by atoms with E-state index in [2.05, 4.69) is 20.2 Å². The summed E-state index contributed by atoms with van der Waals surface area (Å²) in [6.45, 7) is 0. The molecular weight excluding hydrogens is 154 g/mol. The summed E-state index contributed by atoms with van der Waals surface area (Å²) in [5.74, 6) is 0.627. The number of nitrogens with zero attached hydrogens (tertiary/aromatic N) is 4. The lowest BCUT2D eigenvalue weighted by atomic mass is 10.4. The first-order chi connectivity index (χ1) is 5.95. The molecule has 0 aliphatic heterocycles. The van der Waals surface area contributed by atoms with Crippen molar-refractivity contribution >= 4 is 16.8 Å². The lowest BCUT2D eigenvalue weighted by molar-refractivity contribution is 1.10. The number of aromatic nitrogens is 5. The van der Waals surface area contributed by atoms with E-state index in [9.17, 15) is 0 Å². The molecule has 0 aliphatic rings. The monoisotopic (exact) mass is 159 g/mol. The highest BCUT2D eigenvalue weighted by molar-refractivity contribution is 5.76. The third-order valence-electron chi connectivity index (χ3n) is 1.85. The molecule has 3 heterocycles. The molecule has 0 aromatic carbocycles. The molecule has 0 atom stereocenters. The minimum Gasteiger partial charge on any atom is -0.359 e. The fraction of sp³-hybridized carbons (Fsp3) is 0. The summed E-state index contributed by atoms with van der Waals surface area (Å²) in [7, 11) is 0. The molecule has 5 heteroatoms. The molecule has 0 spiro atoms. The van der Waals surface area contributed by atoms with Crippen molar-refractivity contribution in [2.75, 3.05) is 0 Å². The molecule has 0 bridgehead atoms. The van der Waals surface area contributed by atoms with Crippen molar-refractivity contribution < 1.29 is 0 Å². The molecule has 3 aromatic heterocycles. The first kappa shape index (κ1) is 5.70. The van der Waals surface area contributed by atoms with Crippen LogP contribution in [0.25, 0.3) is 16.8 Å². The van der Waals surface area contributed by atoms with Crippen molar-refractivity contribution in [1.29, 1.82) is 0 Å². The van der Waals surface area contributed by atoms with Gasteiger partial charge in [-0.25, -0.2) is 4.98 Å². The Morgan fingerprint density at radius 1 is 1.42 bits per heavy atom. The molecule has 5 nitrogen and oxygen atoms in total. The van der Waals surface area contributed by atoms with Gasteiger partial charge in [0.05, 0.1) is 17.2 Å². The van der Waals surface area contributed by atoms with Gasteiger partial charge in [0.1, 0.15) is 6.33 Å². The Kier molecular flexibility index (Phi) is 0.864. The lowest BCUT2D eigenvalue weighted by Gasteiger charge is -1.91. The zero-order chi connectivity index (χ0) is 7.97. The maximum Gasteiger partial charge on any atom is 0.255 e. The van der Waals surface area contributed by atoms with Crippen LogP contribution in [0.5, 0.6) is 0 Å². The van der Waals surface area contributed by atoms with Crippen molar-refractivity contribution in [2.24, 2.45) is 0 Å². The summed E-state index contributed by atoms with van der Waals surface area (Å²) in [4.78, 5) is 7.16. The van der Waals surface area contributed by atoms with E-state index in [1.54, 1.807) is 12.5 Å². The van der Waals surface area contributed by atoms with Crippen LogP contribution in [0.15, 0.2) is 24.8 Å². The van der Waals surface area contributed by atoms with Crippen LogP contribution in [-0.4, -0.2) is 24.6 Å². The summed E-state index contributed by atoms with van der Waals surface area (Å²) in [6, 6.07) is 1.97. The SMILES string of the molecule is c1cc2c(cnc3nncn32)[nH]1. The number of aromatic amines is 1. The molecule has 1 N–H and O–H groups in total. The summed E-state index contributed by atoms with van der Waals surface area (Å²) >= 11 is 0. The summed E-state index contributed by atoms with van der Waals surface area (Å²) in [5, 5.41) is 7.60. The Labute approximate surface area is 67.1 Å². The van der Waals surface area contributed by atoms with Gasteiger partial charge in [-0.2, -0.15) is 0 Å². The standard InChI is InChI=1S/C7H5N5/c1-2-8-5-3-9-7-11-10-4-12(7)6(1)5/h1-4,8H. The van der Waals surface area contributed by atoms with Gasteiger partial charge in [-0.1, -0.05) is 0 Å². The van der Waals surface area contributed by atoms with E-state index in [1.165, 1.54) is 0 Å². The Morgan fingerprint density at radius 2 is 2.42 bits per heavy atom. The van der Waals surface area contributed by atoms with E-state index in [1.807, 2.05) is 16.7 Å². The second-order valence-corrected chi connectivity index (χ2v) is 2.54. The number of fused-ring (bicyclic) bond motifs is 3. The van der Waals surface area contributed by atoms with Gasteiger partial charge in [0.25, 0.3) is 5.78 Å². The van der Waals surface area contributed by atoms with Gasteiger partial charge in [0, 0.05) is 6.20 Å². The predicted octanol–water partition coefficient (Wildman–Crippen LogP) is 0.606. The first-order valence-corrected chi connectivity index (χ1v) is 3.57. The van der Waals surface area contributed by atoms with Crippen LogP contribution in [0.1, 0.15) is 0 Å². The second-order valence-electron chi connectivity index (χ2n) is 2.54. The lowest BCUT2D eigenvalue weighted by Crippen LogP contribution is -1.87. The Morgan fingerprint density at radius 3 is 3.42 bits per heavy atom. The van der Waals surface area contributed by atoms with Gasteiger partial charge < -0.3 is 4.98 Å². The minimum absolute atomic E-state index is 0.627. The van der Waals surface area contributed by atoms with E-state index in [0.29, 0.717) is 5.78 Å². The van der Waals surface area contributed by atoms with Crippen LogP contribution in [0.4, 0.5) is 0 Å². The van der Waals surface area contributed by atoms with Gasteiger partial charge in [-0.05, 0) is 6.07 Å². The van der Waals surface area contributed by atoms with Gasteiger partial charge in [-0.3, -0.25) is 4.40 Å². The molecular formula is C7H5N5. The maximum atomic E-state index is 4.10. The molecule has 3 rings (SSSR count). The molecule has 0 radical (unpaired) electrons. The van der Waals surface area contributed by atoms with E-state index < -0.39 is 0 Å². The Balaban J connectivity index is 2.71. The number of rotatable bonds is 0. The summed E-state index contributed by atoms with van der Waals surface area (Å²) in [5.41, 5.74) is 2.03. The predicted molar refractivity (Wildman–Crippen MR) is 42.6 cm³/mol. The van der Waals surface area contributed by atoms with Crippen LogP contribution in [0.2, 0.25) is 0 Å². The zero-order valence-electron chi connectivity index (χ0n) is 6.10. The summed E-state index contributed by atoms with van der Waals surface area (Å²) in [6.07, 6.45) is 5.27. The van der Waals surface area contributed by atoms with Crippen LogP contribution >= 0.6 is 0 Å². The second kappa shape index (κ2) is 1.82. The van der Waals surface area contributed by atoms with E-state index in [4.69, 9.17) is 0 Å². The van der Waals surface area contributed by atoms with Crippen LogP contribution in [0, 0.1) is 0 Å². The highest BCUT2D eigenvalue weighted by Crippen LogP contribution is 2.10. The molecule has 0 aliphatic carbocycles. The van der Waals surface area contributed by atoms with E-state index in [0.717, 1.165) is 11.0 Å². The van der Waals surface area contributed by atoms with Crippen molar-refractivity contribution in [1.82, 2.24) is 24.6 Å². The van der Waals surface area contributed by atoms with Crippen molar-refractivity contribution in [3.05, 3.63) is 24.8 Å². The minimum atomic E-state index is 0.627. The van der Waals surface area contributed by atoms with Gasteiger partial charge >= 0.3 is 0 Å². The van der Waals surface area contributed by atoms with E-state index >= 15 is 0 Å². The third-order valence-corrected chi connectivity index (χ3v) is 1.85. The van der Waals surface area contributed by atoms with Gasteiger partial charge in [0.2, 0.25) is 0 Å². The number of hydrogen-bond acceptors (Lipinski definition) is 3. The maximum absolute atomic E-state index is 4.10. The fourth-order valence-corrected chi connectivity index (χ4v) is 1.30. The highest BCUT2D eigenvalue weighted by Gasteiger charge is 2.01. The third kappa shape index (κ3) is 0.554. The smallest absolute Gasteiger partial charge is 0.255 e. The average Bonchev–Trinajstić information content (AvgIpc) is 2.71. The summed E-state index contributed by atoms with van der Waals surface area (Å²) < 4.78 is 1.84. The highest BCUT2D eigenvalue weighted by atomic mass is 15.3. The van der Waals surface area contributed by atoms with Crippen LogP contribution < -0.4 is 0 Å². The fourth-order valence-electron chi connectivity index (χ4n) is 1.30. The van der Waals surface area contributed by atoms with Crippen molar-refractivity contribution in [3.8, 4) is 0 Å². The topological polar surface area (TPSA) is 58.9 Å². The van der Waals surface area contributed by atoms with E-state index in [-0.39, 0.29) is 0 Å². The molecule has 58 valence electrons. The Hall–Kier alpha value is -1.91. The molecule has 12 heavy (non-hydrogen) atoms. The number of H-pyrrole nitrogens is 1. The molecule has 0 unspecified atom stereocenters. The molecule has 0 amide bonds. The first-order valence-electron chi connectivity index (χ1n) is 3.57. The largest absolute Gasteiger partial charge is 0.359 e. The Bertz CT molecular complexity index is 485.